The van der Waals surface area contributed by atoms with Crippen LogP contribution >= 0.6 is 0 Å². The molecule has 0 saturated carbocycles. The van der Waals surface area contributed by atoms with Gasteiger partial charge in [-0.25, -0.2) is 0 Å². The van der Waals surface area contributed by atoms with Crippen molar-refractivity contribution in [3.05, 3.63) is 23.8 Å². The number of rotatable bonds is 6. The summed E-state index contributed by atoms with van der Waals surface area (Å²) in [5, 5.41) is 13.3. The number of fused-ring (bicyclic) bond motifs is 1. The summed E-state index contributed by atoms with van der Waals surface area (Å²) in [6, 6.07) is 6.33. The van der Waals surface area contributed by atoms with E-state index in [1.165, 1.54) is 5.56 Å². The van der Waals surface area contributed by atoms with E-state index in [0.29, 0.717) is 19.1 Å². The minimum Gasteiger partial charge on any atom is -0.490 e. The van der Waals surface area contributed by atoms with E-state index in [2.05, 4.69) is 24.4 Å². The van der Waals surface area contributed by atoms with Crippen molar-refractivity contribution in [2.75, 3.05) is 19.8 Å². The van der Waals surface area contributed by atoms with E-state index in [4.69, 9.17) is 9.47 Å². The highest BCUT2D eigenvalue weighted by atomic mass is 16.5. The maximum atomic E-state index is 9.82. The first-order valence-electron chi connectivity index (χ1n) is 7.89. The van der Waals surface area contributed by atoms with Crippen LogP contribution in [0.15, 0.2) is 18.2 Å². The van der Waals surface area contributed by atoms with E-state index in [1.807, 2.05) is 19.9 Å². The lowest BCUT2D eigenvalue weighted by molar-refractivity contribution is 0.115. The topological polar surface area (TPSA) is 50.7 Å². The lowest BCUT2D eigenvalue weighted by Gasteiger charge is -2.19. The third-order valence-corrected chi connectivity index (χ3v) is 3.93. The summed E-state index contributed by atoms with van der Waals surface area (Å²) in [4.78, 5) is 0. The first kappa shape index (κ1) is 16.1. The van der Waals surface area contributed by atoms with Crippen LogP contribution in [0.4, 0.5) is 0 Å². The molecule has 21 heavy (non-hydrogen) atoms. The SMILES string of the molecule is CC(NCCC(O)C(C)C)c1ccc2c(c1)OCCCO2. The zero-order valence-electron chi connectivity index (χ0n) is 13.3. The molecule has 0 fully saturated rings. The molecule has 2 N–H and O–H groups in total. The van der Waals surface area contributed by atoms with E-state index in [0.717, 1.165) is 30.9 Å². The molecule has 2 atom stereocenters. The first-order valence-corrected chi connectivity index (χ1v) is 7.89. The lowest BCUT2D eigenvalue weighted by atomic mass is 10.0. The van der Waals surface area contributed by atoms with Gasteiger partial charge < -0.3 is 19.9 Å². The van der Waals surface area contributed by atoms with Gasteiger partial charge in [-0.15, -0.1) is 0 Å². The van der Waals surface area contributed by atoms with Crippen molar-refractivity contribution < 1.29 is 14.6 Å². The van der Waals surface area contributed by atoms with Crippen LogP contribution in [0, 0.1) is 5.92 Å². The number of aliphatic hydroxyl groups excluding tert-OH is 1. The van der Waals surface area contributed by atoms with Crippen molar-refractivity contribution in [1.82, 2.24) is 5.32 Å². The third-order valence-electron chi connectivity index (χ3n) is 3.93. The molecule has 2 unspecified atom stereocenters. The fourth-order valence-corrected chi connectivity index (χ4v) is 2.35. The van der Waals surface area contributed by atoms with Crippen molar-refractivity contribution in [2.24, 2.45) is 5.92 Å². The number of ether oxygens (including phenoxy) is 2. The van der Waals surface area contributed by atoms with Crippen LogP contribution in [-0.4, -0.2) is 31.0 Å². The van der Waals surface area contributed by atoms with Crippen LogP contribution in [-0.2, 0) is 0 Å². The van der Waals surface area contributed by atoms with E-state index in [1.54, 1.807) is 0 Å². The molecular weight excluding hydrogens is 266 g/mol. The third kappa shape index (κ3) is 4.61. The largest absolute Gasteiger partial charge is 0.490 e. The summed E-state index contributed by atoms with van der Waals surface area (Å²) >= 11 is 0. The number of nitrogens with one attached hydrogen (secondary N) is 1. The summed E-state index contributed by atoms with van der Waals surface area (Å²) in [5.41, 5.74) is 1.18. The van der Waals surface area contributed by atoms with Gasteiger partial charge in [-0.2, -0.15) is 0 Å². The second kappa shape index (κ2) is 7.66. The fraction of sp³-hybridized carbons (Fsp3) is 0.647. The highest BCUT2D eigenvalue weighted by molar-refractivity contribution is 5.44. The van der Waals surface area contributed by atoms with Gasteiger partial charge in [-0.3, -0.25) is 0 Å². The van der Waals surface area contributed by atoms with Gasteiger partial charge in [-0.05, 0) is 43.5 Å². The van der Waals surface area contributed by atoms with Crippen LogP contribution in [0.1, 0.15) is 45.2 Å². The maximum absolute atomic E-state index is 9.82. The monoisotopic (exact) mass is 293 g/mol. The van der Waals surface area contributed by atoms with Gasteiger partial charge in [0, 0.05) is 12.5 Å². The van der Waals surface area contributed by atoms with Gasteiger partial charge in [0.05, 0.1) is 19.3 Å². The highest BCUT2D eigenvalue weighted by Gasteiger charge is 2.14. The summed E-state index contributed by atoms with van der Waals surface area (Å²) < 4.78 is 11.4. The van der Waals surface area contributed by atoms with Crippen LogP contribution in [0.3, 0.4) is 0 Å². The molecular formula is C17H27NO3. The average Bonchev–Trinajstić information content (AvgIpc) is 2.71. The molecule has 2 rings (SSSR count). The Morgan fingerprint density at radius 3 is 2.57 bits per heavy atom. The molecule has 1 aliphatic rings. The van der Waals surface area contributed by atoms with Crippen molar-refractivity contribution in [2.45, 2.75) is 45.8 Å². The summed E-state index contributed by atoms with van der Waals surface area (Å²) in [5.74, 6) is 1.97. The first-order chi connectivity index (χ1) is 10.1. The van der Waals surface area contributed by atoms with E-state index in [-0.39, 0.29) is 12.1 Å². The van der Waals surface area contributed by atoms with Crippen LogP contribution < -0.4 is 14.8 Å². The molecule has 0 aromatic heterocycles. The number of benzene rings is 1. The zero-order chi connectivity index (χ0) is 15.2. The standard InChI is InChI=1S/C17H27NO3/c1-12(2)15(19)7-8-18-13(3)14-5-6-16-17(11-14)21-10-4-9-20-16/h5-6,11-13,15,18-19H,4,7-10H2,1-3H3. The van der Waals surface area contributed by atoms with Gasteiger partial charge in [0.1, 0.15) is 0 Å². The molecule has 118 valence electrons. The maximum Gasteiger partial charge on any atom is 0.161 e. The van der Waals surface area contributed by atoms with E-state index < -0.39 is 0 Å². The Balaban J connectivity index is 1.90. The number of aliphatic hydroxyl groups is 1. The Morgan fingerprint density at radius 2 is 1.86 bits per heavy atom. The fourth-order valence-electron chi connectivity index (χ4n) is 2.35. The molecule has 4 heteroatoms. The Labute approximate surface area is 127 Å². The molecule has 1 aliphatic heterocycles. The van der Waals surface area contributed by atoms with Crippen LogP contribution in [0.5, 0.6) is 11.5 Å². The van der Waals surface area contributed by atoms with E-state index >= 15 is 0 Å². The van der Waals surface area contributed by atoms with Crippen molar-refractivity contribution in [3.63, 3.8) is 0 Å². The second-order valence-electron chi connectivity index (χ2n) is 6.03. The minimum atomic E-state index is -0.242. The summed E-state index contributed by atoms with van der Waals surface area (Å²) in [7, 11) is 0. The molecule has 1 heterocycles. The molecule has 0 spiro atoms. The normalized spacial score (nSPS) is 17.4. The molecule has 0 amide bonds. The molecule has 0 saturated heterocycles. The molecule has 4 nitrogen and oxygen atoms in total. The number of hydrogen-bond donors (Lipinski definition) is 2. The second-order valence-corrected chi connectivity index (χ2v) is 6.03. The predicted molar refractivity (Wildman–Crippen MR) is 83.9 cm³/mol. The Kier molecular flexibility index (Phi) is 5.88. The summed E-state index contributed by atoms with van der Waals surface area (Å²) in [6.07, 6.45) is 1.45. The van der Waals surface area contributed by atoms with Gasteiger partial charge in [0.25, 0.3) is 0 Å². The van der Waals surface area contributed by atoms with Crippen molar-refractivity contribution in [3.8, 4) is 11.5 Å². The van der Waals surface area contributed by atoms with Crippen molar-refractivity contribution >= 4 is 0 Å². The highest BCUT2D eigenvalue weighted by Crippen LogP contribution is 2.32. The molecule has 0 aliphatic carbocycles. The van der Waals surface area contributed by atoms with Crippen LogP contribution in [0.25, 0.3) is 0 Å². The summed E-state index contributed by atoms with van der Waals surface area (Å²) in [6.45, 7) is 8.43. The Bertz CT molecular complexity index is 448. The zero-order valence-corrected chi connectivity index (χ0v) is 13.3. The molecule has 0 radical (unpaired) electrons. The Hall–Kier alpha value is -1.26. The molecule has 0 bridgehead atoms. The van der Waals surface area contributed by atoms with E-state index in [9.17, 15) is 5.11 Å². The average molecular weight is 293 g/mol. The quantitative estimate of drug-likeness (QED) is 0.847. The van der Waals surface area contributed by atoms with Crippen LogP contribution in [0.2, 0.25) is 0 Å². The van der Waals surface area contributed by atoms with Gasteiger partial charge >= 0.3 is 0 Å². The van der Waals surface area contributed by atoms with Crippen molar-refractivity contribution in [1.29, 1.82) is 0 Å². The lowest BCUT2D eigenvalue weighted by Crippen LogP contribution is -2.25. The molecule has 1 aromatic rings. The predicted octanol–water partition coefficient (Wildman–Crippen LogP) is 2.91. The Morgan fingerprint density at radius 1 is 1.14 bits per heavy atom. The van der Waals surface area contributed by atoms with Gasteiger partial charge in [0.2, 0.25) is 0 Å². The van der Waals surface area contributed by atoms with Gasteiger partial charge in [-0.1, -0.05) is 19.9 Å². The number of hydrogen-bond acceptors (Lipinski definition) is 4. The molecule has 1 aromatic carbocycles. The smallest absolute Gasteiger partial charge is 0.161 e. The minimum absolute atomic E-state index is 0.224. The van der Waals surface area contributed by atoms with Gasteiger partial charge in [0.15, 0.2) is 11.5 Å².